The second-order valence-corrected chi connectivity index (χ2v) is 6.99. The van der Waals surface area contributed by atoms with E-state index in [2.05, 4.69) is 27.5 Å². The molecule has 0 heterocycles. The molecule has 0 aliphatic carbocycles. The number of hydrogen-bond acceptors (Lipinski definition) is 3. The normalized spacial score (nSPS) is 12.0. The van der Waals surface area contributed by atoms with Crippen molar-refractivity contribution >= 4 is 17.6 Å². The zero-order valence-electron chi connectivity index (χ0n) is 18.1. The van der Waals surface area contributed by atoms with Crippen LogP contribution in [0.25, 0.3) is 0 Å². The van der Waals surface area contributed by atoms with Crippen molar-refractivity contribution in [3.8, 4) is 5.75 Å². The summed E-state index contributed by atoms with van der Waals surface area (Å²) in [6.07, 6.45) is 2.54. The molecule has 0 bridgehead atoms. The molecule has 3 N–H and O–H groups in total. The van der Waals surface area contributed by atoms with Crippen molar-refractivity contribution in [3.05, 3.63) is 72.3 Å². The summed E-state index contributed by atoms with van der Waals surface area (Å²) in [4.78, 5) is 16.4. The molecule has 160 valence electrons. The molecule has 0 saturated heterocycles. The minimum absolute atomic E-state index is 0.00635. The summed E-state index contributed by atoms with van der Waals surface area (Å²) >= 11 is 0. The fourth-order valence-corrected chi connectivity index (χ4v) is 2.73. The van der Waals surface area contributed by atoms with Crippen LogP contribution in [0.5, 0.6) is 5.75 Å². The molecule has 0 aromatic heterocycles. The third-order valence-electron chi connectivity index (χ3n) is 4.71. The van der Waals surface area contributed by atoms with Gasteiger partial charge in [0.25, 0.3) is 0 Å². The van der Waals surface area contributed by atoms with Crippen LogP contribution in [0.1, 0.15) is 31.4 Å². The molecule has 2 rings (SSSR count). The summed E-state index contributed by atoms with van der Waals surface area (Å²) in [6, 6.07) is 15.7. The molecule has 2 aromatic rings. The first kappa shape index (κ1) is 23.0. The molecule has 30 heavy (non-hydrogen) atoms. The van der Waals surface area contributed by atoms with Crippen LogP contribution in [-0.4, -0.2) is 25.5 Å². The van der Waals surface area contributed by atoms with E-state index in [0.29, 0.717) is 25.7 Å². The zero-order valence-corrected chi connectivity index (χ0v) is 18.1. The number of aliphatic imine (C=N–C) groups is 1. The lowest BCUT2D eigenvalue weighted by molar-refractivity contribution is -0.119. The van der Waals surface area contributed by atoms with E-state index in [1.807, 2.05) is 62.4 Å². The summed E-state index contributed by atoms with van der Waals surface area (Å²) in [5, 5.41) is 9.58. The molecule has 0 fully saturated rings. The summed E-state index contributed by atoms with van der Waals surface area (Å²) in [5.74, 6) is 1.54. The van der Waals surface area contributed by atoms with Gasteiger partial charge in [0.05, 0.1) is 0 Å². The minimum Gasteiger partial charge on any atom is -0.489 e. The van der Waals surface area contributed by atoms with Crippen LogP contribution in [0.4, 0.5) is 5.69 Å². The first-order valence-electron chi connectivity index (χ1n) is 10.2. The third kappa shape index (κ3) is 7.28. The Bertz CT molecular complexity index is 864. The standard InChI is InChI=1S/C24H32N4O2/c1-5-14-30-22-13-8-7-11-20(22)17-27-24(25-4)26-16-19-10-9-12-21(15-19)28-23(29)18(3)6-2/h5,7-13,15,18H,1,6,14,16-17H2,2-4H3,(H,28,29)(H2,25,26,27). The largest absolute Gasteiger partial charge is 0.489 e. The second-order valence-electron chi connectivity index (χ2n) is 6.99. The minimum atomic E-state index is -0.00635. The van der Waals surface area contributed by atoms with E-state index < -0.39 is 0 Å². The number of benzene rings is 2. The van der Waals surface area contributed by atoms with E-state index in [0.717, 1.165) is 29.0 Å². The average Bonchev–Trinajstić information content (AvgIpc) is 2.78. The van der Waals surface area contributed by atoms with Crippen molar-refractivity contribution in [2.45, 2.75) is 33.4 Å². The first-order chi connectivity index (χ1) is 14.6. The van der Waals surface area contributed by atoms with Gasteiger partial charge in [0.15, 0.2) is 5.96 Å². The number of carbonyl (C=O) groups is 1. The SMILES string of the molecule is C=CCOc1ccccc1CNC(=NC)NCc1cccc(NC(=O)C(C)CC)c1. The number of anilines is 1. The van der Waals surface area contributed by atoms with Crippen LogP contribution < -0.4 is 20.7 Å². The predicted molar refractivity (Wildman–Crippen MR) is 124 cm³/mol. The van der Waals surface area contributed by atoms with Gasteiger partial charge in [-0.15, -0.1) is 0 Å². The fourth-order valence-electron chi connectivity index (χ4n) is 2.73. The van der Waals surface area contributed by atoms with Gasteiger partial charge in [-0.1, -0.05) is 56.8 Å². The highest BCUT2D eigenvalue weighted by atomic mass is 16.5. The van der Waals surface area contributed by atoms with E-state index in [9.17, 15) is 4.79 Å². The van der Waals surface area contributed by atoms with Gasteiger partial charge in [-0.3, -0.25) is 9.79 Å². The van der Waals surface area contributed by atoms with E-state index >= 15 is 0 Å². The predicted octanol–water partition coefficient (Wildman–Crippen LogP) is 4.10. The number of para-hydroxylation sites is 1. The topological polar surface area (TPSA) is 74.8 Å². The molecule has 0 radical (unpaired) electrons. The fraction of sp³-hybridized carbons (Fsp3) is 0.333. The van der Waals surface area contributed by atoms with Crippen molar-refractivity contribution in [3.63, 3.8) is 0 Å². The number of nitrogens with one attached hydrogen (secondary N) is 3. The molecule has 1 unspecified atom stereocenters. The smallest absolute Gasteiger partial charge is 0.227 e. The Labute approximate surface area is 179 Å². The van der Waals surface area contributed by atoms with Crippen LogP contribution in [-0.2, 0) is 17.9 Å². The monoisotopic (exact) mass is 408 g/mol. The Balaban J connectivity index is 1.91. The van der Waals surface area contributed by atoms with Gasteiger partial charge in [-0.2, -0.15) is 0 Å². The molecule has 6 nitrogen and oxygen atoms in total. The number of amides is 1. The van der Waals surface area contributed by atoms with E-state index in [-0.39, 0.29) is 11.8 Å². The zero-order chi connectivity index (χ0) is 21.8. The van der Waals surface area contributed by atoms with Crippen LogP contribution in [0.15, 0.2) is 66.2 Å². The molecule has 2 aromatic carbocycles. The van der Waals surface area contributed by atoms with Crippen molar-refractivity contribution in [2.24, 2.45) is 10.9 Å². The number of nitrogens with zero attached hydrogens (tertiary/aromatic N) is 1. The lowest BCUT2D eigenvalue weighted by Crippen LogP contribution is -2.36. The Hall–Kier alpha value is -3.28. The molecule has 0 aliphatic rings. The van der Waals surface area contributed by atoms with Gasteiger partial charge in [-0.05, 0) is 30.2 Å². The van der Waals surface area contributed by atoms with E-state index in [4.69, 9.17) is 4.74 Å². The molecule has 1 amide bonds. The molecule has 0 saturated carbocycles. The molecule has 6 heteroatoms. The Morgan fingerprint density at radius 3 is 2.67 bits per heavy atom. The van der Waals surface area contributed by atoms with Crippen LogP contribution >= 0.6 is 0 Å². The maximum atomic E-state index is 12.1. The highest BCUT2D eigenvalue weighted by Gasteiger charge is 2.10. The summed E-state index contributed by atoms with van der Waals surface area (Å²) in [5.41, 5.74) is 2.89. The maximum absolute atomic E-state index is 12.1. The second kappa shape index (κ2) is 12.3. The van der Waals surface area contributed by atoms with Gasteiger partial charge in [0, 0.05) is 37.3 Å². The average molecular weight is 409 g/mol. The van der Waals surface area contributed by atoms with Gasteiger partial charge in [-0.25, -0.2) is 0 Å². The lowest BCUT2D eigenvalue weighted by Gasteiger charge is -2.15. The van der Waals surface area contributed by atoms with Gasteiger partial charge >= 0.3 is 0 Å². The summed E-state index contributed by atoms with van der Waals surface area (Å²) < 4.78 is 5.70. The highest BCUT2D eigenvalue weighted by molar-refractivity contribution is 5.92. The van der Waals surface area contributed by atoms with Crippen molar-refractivity contribution < 1.29 is 9.53 Å². The van der Waals surface area contributed by atoms with Gasteiger partial charge in [0.1, 0.15) is 12.4 Å². The third-order valence-corrected chi connectivity index (χ3v) is 4.71. The molecular weight excluding hydrogens is 376 g/mol. The van der Waals surface area contributed by atoms with Crippen molar-refractivity contribution in [1.82, 2.24) is 10.6 Å². The lowest BCUT2D eigenvalue weighted by atomic mass is 10.1. The Kier molecular flexibility index (Phi) is 9.45. The van der Waals surface area contributed by atoms with Crippen LogP contribution in [0.2, 0.25) is 0 Å². The summed E-state index contributed by atoms with van der Waals surface area (Å²) in [7, 11) is 1.73. The molecule has 0 aliphatic heterocycles. The summed E-state index contributed by atoms with van der Waals surface area (Å²) in [6.45, 7) is 9.25. The van der Waals surface area contributed by atoms with Crippen LogP contribution in [0.3, 0.4) is 0 Å². The van der Waals surface area contributed by atoms with E-state index in [1.165, 1.54) is 0 Å². The van der Waals surface area contributed by atoms with Gasteiger partial charge in [0.2, 0.25) is 5.91 Å². The number of guanidine groups is 1. The maximum Gasteiger partial charge on any atom is 0.227 e. The molecular formula is C24H32N4O2. The number of hydrogen-bond donors (Lipinski definition) is 3. The highest BCUT2D eigenvalue weighted by Crippen LogP contribution is 2.17. The molecule has 0 spiro atoms. The van der Waals surface area contributed by atoms with Crippen molar-refractivity contribution in [2.75, 3.05) is 19.0 Å². The molecule has 1 atom stereocenters. The first-order valence-corrected chi connectivity index (χ1v) is 10.2. The number of ether oxygens (including phenoxy) is 1. The van der Waals surface area contributed by atoms with E-state index in [1.54, 1.807) is 13.1 Å². The van der Waals surface area contributed by atoms with Gasteiger partial charge < -0.3 is 20.7 Å². The Morgan fingerprint density at radius 2 is 1.93 bits per heavy atom. The Morgan fingerprint density at radius 1 is 1.17 bits per heavy atom. The quantitative estimate of drug-likeness (QED) is 0.314. The number of carbonyl (C=O) groups excluding carboxylic acids is 1. The van der Waals surface area contributed by atoms with Crippen LogP contribution in [0, 0.1) is 5.92 Å². The number of rotatable bonds is 10. The van der Waals surface area contributed by atoms with Crippen molar-refractivity contribution in [1.29, 1.82) is 0 Å².